The summed E-state index contributed by atoms with van der Waals surface area (Å²) in [5.74, 6) is -0.370. The molecule has 3 heteroatoms. The Labute approximate surface area is 128 Å². The fourth-order valence-electron chi connectivity index (χ4n) is 2.23. The molecule has 118 valence electrons. The molecule has 0 aromatic heterocycles. The summed E-state index contributed by atoms with van der Waals surface area (Å²) in [5, 5.41) is 10.3. The topological polar surface area (TPSA) is 46.5 Å². The van der Waals surface area contributed by atoms with E-state index in [9.17, 15) is 9.90 Å². The van der Waals surface area contributed by atoms with E-state index in [-0.39, 0.29) is 5.97 Å². The van der Waals surface area contributed by atoms with E-state index in [1.807, 2.05) is 32.9 Å². The molecule has 0 aliphatic heterocycles. The molecule has 0 heterocycles. The van der Waals surface area contributed by atoms with Crippen LogP contribution in [0.3, 0.4) is 0 Å². The average molecular weight is 292 g/mol. The van der Waals surface area contributed by atoms with Crippen molar-refractivity contribution in [2.45, 2.75) is 71.5 Å². The first-order valence-corrected chi connectivity index (χ1v) is 7.85. The highest BCUT2D eigenvalue weighted by Gasteiger charge is 2.22. The highest BCUT2D eigenvalue weighted by molar-refractivity contribution is 5.91. The molecule has 1 N–H and O–H groups in total. The van der Waals surface area contributed by atoms with Crippen molar-refractivity contribution < 1.29 is 14.6 Å². The van der Waals surface area contributed by atoms with Gasteiger partial charge in [-0.15, -0.1) is 0 Å². The molecule has 0 aliphatic carbocycles. The molecule has 3 nitrogen and oxygen atoms in total. The molecule has 1 unspecified atom stereocenters. The van der Waals surface area contributed by atoms with Crippen molar-refractivity contribution >= 4 is 5.97 Å². The molecule has 0 aliphatic rings. The third-order valence-corrected chi connectivity index (χ3v) is 3.27. The van der Waals surface area contributed by atoms with Crippen molar-refractivity contribution in [2.75, 3.05) is 0 Å². The third-order valence-electron chi connectivity index (χ3n) is 3.27. The van der Waals surface area contributed by atoms with Gasteiger partial charge in [0.25, 0.3) is 0 Å². The summed E-state index contributed by atoms with van der Waals surface area (Å²) in [4.78, 5) is 12.2. The smallest absolute Gasteiger partial charge is 0.339 e. The summed E-state index contributed by atoms with van der Waals surface area (Å²) in [7, 11) is 0. The first kappa shape index (κ1) is 17.7. The largest absolute Gasteiger partial charge is 0.456 e. The van der Waals surface area contributed by atoms with Crippen LogP contribution in [-0.4, -0.2) is 16.7 Å². The summed E-state index contributed by atoms with van der Waals surface area (Å²) in [5.41, 5.74) is 0.606. The zero-order valence-electron chi connectivity index (χ0n) is 13.7. The van der Waals surface area contributed by atoms with E-state index in [2.05, 4.69) is 6.92 Å². The number of carbonyl (C=O) groups is 1. The van der Waals surface area contributed by atoms with Crippen LogP contribution in [-0.2, 0) is 4.74 Å². The van der Waals surface area contributed by atoms with Gasteiger partial charge in [-0.3, -0.25) is 0 Å². The maximum Gasteiger partial charge on any atom is 0.339 e. The Balaban J connectivity index is 2.76. The number of aliphatic hydroxyl groups is 1. The van der Waals surface area contributed by atoms with Gasteiger partial charge in [0.05, 0.1) is 11.7 Å². The van der Waals surface area contributed by atoms with E-state index in [4.69, 9.17) is 4.74 Å². The first-order chi connectivity index (χ1) is 9.85. The van der Waals surface area contributed by atoms with Crippen LogP contribution in [0.5, 0.6) is 0 Å². The maximum atomic E-state index is 12.2. The Hall–Kier alpha value is -1.35. The van der Waals surface area contributed by atoms with Crippen LogP contribution < -0.4 is 0 Å². The van der Waals surface area contributed by atoms with Crippen LogP contribution in [0.4, 0.5) is 0 Å². The second-order valence-corrected chi connectivity index (χ2v) is 6.45. The van der Waals surface area contributed by atoms with Gasteiger partial charge in [-0.05, 0) is 38.8 Å². The number of unbranched alkanes of at least 4 members (excludes halogenated alkanes) is 3. The molecule has 0 bridgehead atoms. The van der Waals surface area contributed by atoms with Crippen LogP contribution in [0.2, 0.25) is 0 Å². The van der Waals surface area contributed by atoms with Gasteiger partial charge < -0.3 is 9.84 Å². The van der Waals surface area contributed by atoms with Gasteiger partial charge in [0.15, 0.2) is 0 Å². The number of esters is 1. The molecular formula is C18H28O3. The molecule has 21 heavy (non-hydrogen) atoms. The van der Waals surface area contributed by atoms with E-state index in [0.29, 0.717) is 17.5 Å². The number of carbonyl (C=O) groups excluding carboxylic acids is 1. The number of hydrogen-bond acceptors (Lipinski definition) is 3. The van der Waals surface area contributed by atoms with Gasteiger partial charge >= 0.3 is 5.97 Å². The molecule has 1 atom stereocenters. The van der Waals surface area contributed by atoms with Gasteiger partial charge in [-0.25, -0.2) is 4.79 Å². The second-order valence-electron chi connectivity index (χ2n) is 6.45. The monoisotopic (exact) mass is 292 g/mol. The molecule has 1 rings (SSSR count). The fourth-order valence-corrected chi connectivity index (χ4v) is 2.23. The Kier molecular flexibility index (Phi) is 6.90. The lowest BCUT2D eigenvalue weighted by atomic mass is 9.97. The van der Waals surface area contributed by atoms with Crippen LogP contribution in [0.15, 0.2) is 24.3 Å². The van der Waals surface area contributed by atoms with Gasteiger partial charge in [-0.1, -0.05) is 50.8 Å². The van der Waals surface area contributed by atoms with Gasteiger partial charge in [0.1, 0.15) is 5.60 Å². The highest BCUT2D eigenvalue weighted by atomic mass is 16.6. The summed E-state index contributed by atoms with van der Waals surface area (Å²) < 4.78 is 5.41. The molecule has 0 fully saturated rings. The van der Waals surface area contributed by atoms with Crippen LogP contribution in [0, 0.1) is 0 Å². The third kappa shape index (κ3) is 6.30. The molecule has 0 spiro atoms. The minimum atomic E-state index is -0.606. The van der Waals surface area contributed by atoms with Crippen molar-refractivity contribution in [3.05, 3.63) is 35.4 Å². The molecule has 0 saturated carbocycles. The van der Waals surface area contributed by atoms with Gasteiger partial charge in [0, 0.05) is 0 Å². The number of rotatable bonds is 7. The van der Waals surface area contributed by atoms with Crippen molar-refractivity contribution in [3.63, 3.8) is 0 Å². The van der Waals surface area contributed by atoms with Crippen molar-refractivity contribution in [3.8, 4) is 0 Å². The standard InChI is InChI=1S/C18H28O3/c1-5-6-7-8-13-16(19)14-11-9-10-12-15(14)17(20)21-18(2,3)4/h9-12,16,19H,5-8,13H2,1-4H3. The quantitative estimate of drug-likeness (QED) is 0.588. The lowest BCUT2D eigenvalue weighted by Gasteiger charge is -2.21. The Morgan fingerprint density at radius 1 is 1.19 bits per heavy atom. The zero-order chi connectivity index (χ0) is 15.9. The summed E-state index contributed by atoms with van der Waals surface area (Å²) in [6.45, 7) is 7.69. The SMILES string of the molecule is CCCCCCC(O)c1ccccc1C(=O)OC(C)(C)C. The zero-order valence-corrected chi connectivity index (χ0v) is 13.7. The summed E-state index contributed by atoms with van der Waals surface area (Å²) in [6, 6.07) is 7.17. The number of benzene rings is 1. The van der Waals surface area contributed by atoms with Crippen LogP contribution in [0.1, 0.15) is 81.8 Å². The molecule has 1 aromatic rings. The van der Waals surface area contributed by atoms with E-state index < -0.39 is 11.7 Å². The maximum absolute atomic E-state index is 12.2. The van der Waals surface area contributed by atoms with Gasteiger partial charge in [-0.2, -0.15) is 0 Å². The van der Waals surface area contributed by atoms with Crippen molar-refractivity contribution in [2.24, 2.45) is 0 Å². The first-order valence-electron chi connectivity index (χ1n) is 7.85. The minimum absolute atomic E-state index is 0.370. The lowest BCUT2D eigenvalue weighted by molar-refractivity contribution is 0.00636. The number of aliphatic hydroxyl groups excluding tert-OH is 1. The average Bonchev–Trinajstić information content (AvgIpc) is 2.41. The second kappa shape index (κ2) is 8.18. The van der Waals surface area contributed by atoms with E-state index in [1.54, 1.807) is 12.1 Å². The number of hydrogen-bond donors (Lipinski definition) is 1. The van der Waals surface area contributed by atoms with Crippen LogP contribution in [0.25, 0.3) is 0 Å². The van der Waals surface area contributed by atoms with E-state index in [1.165, 1.54) is 12.8 Å². The summed E-state index contributed by atoms with van der Waals surface area (Å²) in [6.07, 6.45) is 4.51. The molecule has 0 saturated heterocycles. The molecular weight excluding hydrogens is 264 g/mol. The molecule has 0 amide bonds. The minimum Gasteiger partial charge on any atom is -0.456 e. The fraction of sp³-hybridized carbons (Fsp3) is 0.611. The van der Waals surface area contributed by atoms with Crippen molar-refractivity contribution in [1.29, 1.82) is 0 Å². The molecule has 1 aromatic carbocycles. The lowest BCUT2D eigenvalue weighted by Crippen LogP contribution is -2.25. The van der Waals surface area contributed by atoms with Crippen molar-refractivity contribution in [1.82, 2.24) is 0 Å². The Morgan fingerprint density at radius 2 is 1.86 bits per heavy atom. The van der Waals surface area contributed by atoms with E-state index in [0.717, 1.165) is 12.8 Å². The van der Waals surface area contributed by atoms with Gasteiger partial charge in [0.2, 0.25) is 0 Å². The normalized spacial score (nSPS) is 13.0. The van der Waals surface area contributed by atoms with E-state index >= 15 is 0 Å². The Morgan fingerprint density at radius 3 is 2.48 bits per heavy atom. The molecule has 0 radical (unpaired) electrons. The van der Waals surface area contributed by atoms with Crippen LogP contribution >= 0.6 is 0 Å². The number of ether oxygens (including phenoxy) is 1. The predicted molar refractivity (Wildman–Crippen MR) is 85.3 cm³/mol. The highest BCUT2D eigenvalue weighted by Crippen LogP contribution is 2.25. The predicted octanol–water partition coefficient (Wildman–Crippen LogP) is 4.65. The Bertz CT molecular complexity index is 446. The summed E-state index contributed by atoms with van der Waals surface area (Å²) >= 11 is 0.